The first kappa shape index (κ1) is 13.0. The van der Waals surface area contributed by atoms with Gasteiger partial charge in [0.05, 0.1) is 6.04 Å². The lowest BCUT2D eigenvalue weighted by Crippen LogP contribution is -2.33. The molecule has 0 N–H and O–H groups in total. The molecule has 1 atom stereocenters. The van der Waals surface area contributed by atoms with Crippen molar-refractivity contribution in [1.29, 1.82) is 0 Å². The Hall–Kier alpha value is -1.73. The zero-order chi connectivity index (χ0) is 14.6. The van der Waals surface area contributed by atoms with Crippen molar-refractivity contribution in [2.75, 3.05) is 11.4 Å². The lowest BCUT2D eigenvalue weighted by Gasteiger charge is -2.32. The fourth-order valence-electron chi connectivity index (χ4n) is 2.80. The molecule has 0 aromatic carbocycles. The van der Waals surface area contributed by atoms with Gasteiger partial charge in [-0.05, 0) is 37.3 Å². The minimum Gasteiger partial charge on any atom is -0.339 e. The van der Waals surface area contributed by atoms with Crippen LogP contribution in [0.2, 0.25) is 0 Å². The number of hydrogen-bond donors (Lipinski definition) is 0. The molecule has 21 heavy (non-hydrogen) atoms. The molecule has 0 bridgehead atoms. The van der Waals surface area contributed by atoms with E-state index in [1.165, 1.54) is 32.4 Å². The molecule has 3 aromatic rings. The minimum atomic E-state index is -0.110. The van der Waals surface area contributed by atoms with E-state index >= 15 is 0 Å². The number of thiophene rings is 1. The maximum absolute atomic E-state index is 12.0. The highest BCUT2D eigenvalue weighted by Crippen LogP contribution is 2.37. The lowest BCUT2D eigenvalue weighted by atomic mass is 10.0. The molecule has 1 aliphatic rings. The molecule has 0 fully saturated rings. The van der Waals surface area contributed by atoms with E-state index in [1.54, 1.807) is 0 Å². The molecule has 4 heterocycles. The van der Waals surface area contributed by atoms with Gasteiger partial charge in [0.15, 0.2) is 0 Å². The standard InChI is InChI=1S/C14H14N4OS2/c1-8-7-12(19)18-13(15-8)21-14(16-18)17-5-3-11-10(9(17)2)4-6-20-11/h4,6-7,9H,3,5H2,1-2H3. The van der Waals surface area contributed by atoms with E-state index in [0.717, 1.165) is 23.8 Å². The van der Waals surface area contributed by atoms with E-state index in [4.69, 9.17) is 0 Å². The summed E-state index contributed by atoms with van der Waals surface area (Å²) in [5, 5.41) is 7.50. The van der Waals surface area contributed by atoms with Crippen LogP contribution < -0.4 is 10.5 Å². The van der Waals surface area contributed by atoms with Gasteiger partial charge in [0.25, 0.3) is 5.56 Å². The highest BCUT2D eigenvalue weighted by atomic mass is 32.1. The van der Waals surface area contributed by atoms with Gasteiger partial charge in [-0.25, -0.2) is 4.98 Å². The third kappa shape index (κ3) is 1.99. The normalized spacial score (nSPS) is 18.2. The van der Waals surface area contributed by atoms with E-state index in [-0.39, 0.29) is 11.6 Å². The Morgan fingerprint density at radius 2 is 2.29 bits per heavy atom. The number of rotatable bonds is 1. The average Bonchev–Trinajstić information content (AvgIpc) is 3.05. The second kappa shape index (κ2) is 4.64. The summed E-state index contributed by atoms with van der Waals surface area (Å²) in [6, 6.07) is 4.00. The summed E-state index contributed by atoms with van der Waals surface area (Å²) in [4.78, 5) is 20.8. The molecule has 3 aromatic heterocycles. The van der Waals surface area contributed by atoms with Crippen LogP contribution >= 0.6 is 22.7 Å². The second-order valence-electron chi connectivity index (χ2n) is 5.23. The van der Waals surface area contributed by atoms with Crippen molar-refractivity contribution >= 4 is 32.8 Å². The van der Waals surface area contributed by atoms with Crippen LogP contribution in [0.25, 0.3) is 4.96 Å². The zero-order valence-electron chi connectivity index (χ0n) is 11.7. The molecule has 0 saturated heterocycles. The topological polar surface area (TPSA) is 50.5 Å². The van der Waals surface area contributed by atoms with Gasteiger partial charge in [0.2, 0.25) is 10.1 Å². The minimum absolute atomic E-state index is 0.110. The van der Waals surface area contributed by atoms with Gasteiger partial charge in [-0.1, -0.05) is 11.3 Å². The highest BCUT2D eigenvalue weighted by Gasteiger charge is 2.27. The fraction of sp³-hybridized carbons (Fsp3) is 0.357. The Bertz CT molecular complexity index is 879. The van der Waals surface area contributed by atoms with Crippen molar-refractivity contribution in [1.82, 2.24) is 14.6 Å². The number of aromatic nitrogens is 3. The van der Waals surface area contributed by atoms with Crippen LogP contribution in [0.5, 0.6) is 0 Å². The Labute approximate surface area is 129 Å². The Balaban J connectivity index is 1.81. The Morgan fingerprint density at radius 1 is 1.43 bits per heavy atom. The van der Waals surface area contributed by atoms with E-state index in [9.17, 15) is 4.79 Å². The van der Waals surface area contributed by atoms with E-state index in [0.29, 0.717) is 4.96 Å². The molecule has 7 heteroatoms. The molecule has 1 unspecified atom stereocenters. The van der Waals surface area contributed by atoms with Gasteiger partial charge in [-0.3, -0.25) is 4.79 Å². The lowest BCUT2D eigenvalue weighted by molar-refractivity contribution is 0.625. The first-order chi connectivity index (χ1) is 10.1. The van der Waals surface area contributed by atoms with E-state index in [1.807, 2.05) is 18.3 Å². The van der Waals surface area contributed by atoms with Crippen molar-refractivity contribution in [3.8, 4) is 0 Å². The van der Waals surface area contributed by atoms with Crippen LogP contribution in [0.4, 0.5) is 5.13 Å². The quantitative estimate of drug-likeness (QED) is 0.692. The third-order valence-electron chi connectivity index (χ3n) is 3.89. The summed E-state index contributed by atoms with van der Waals surface area (Å²) in [6.07, 6.45) is 1.04. The third-order valence-corrected chi connectivity index (χ3v) is 5.83. The first-order valence-electron chi connectivity index (χ1n) is 6.84. The molecule has 0 spiro atoms. The van der Waals surface area contributed by atoms with Crippen LogP contribution in [-0.2, 0) is 6.42 Å². The SMILES string of the molecule is Cc1cc(=O)n2nc(N3CCc4sccc4C3C)sc2n1. The van der Waals surface area contributed by atoms with Crippen molar-refractivity contribution in [3.05, 3.63) is 44.0 Å². The van der Waals surface area contributed by atoms with Crippen molar-refractivity contribution in [3.63, 3.8) is 0 Å². The number of fused-ring (bicyclic) bond motifs is 2. The summed E-state index contributed by atoms with van der Waals surface area (Å²) < 4.78 is 1.41. The molecule has 0 aliphatic carbocycles. The van der Waals surface area contributed by atoms with Gasteiger partial charge in [0.1, 0.15) is 0 Å². The Morgan fingerprint density at radius 3 is 3.14 bits per heavy atom. The van der Waals surface area contributed by atoms with Crippen LogP contribution in [0.15, 0.2) is 22.3 Å². The second-order valence-corrected chi connectivity index (χ2v) is 7.17. The highest BCUT2D eigenvalue weighted by molar-refractivity contribution is 7.20. The van der Waals surface area contributed by atoms with Crippen molar-refractivity contribution in [2.24, 2.45) is 0 Å². The summed E-state index contributed by atoms with van der Waals surface area (Å²) in [7, 11) is 0. The number of nitrogens with zero attached hydrogens (tertiary/aromatic N) is 4. The molecular formula is C14H14N4OS2. The summed E-state index contributed by atoms with van der Waals surface area (Å²) >= 11 is 3.31. The van der Waals surface area contributed by atoms with Crippen LogP contribution in [-0.4, -0.2) is 21.1 Å². The van der Waals surface area contributed by atoms with Gasteiger partial charge in [-0.2, -0.15) is 4.52 Å². The molecule has 0 amide bonds. The predicted octanol–water partition coefficient (Wildman–Crippen LogP) is 2.64. The summed E-state index contributed by atoms with van der Waals surface area (Å²) in [5.74, 6) is 0. The molecule has 108 valence electrons. The molecule has 4 rings (SSSR count). The summed E-state index contributed by atoms with van der Waals surface area (Å²) in [5.41, 5.74) is 2.00. The van der Waals surface area contributed by atoms with Gasteiger partial charge >= 0.3 is 0 Å². The van der Waals surface area contributed by atoms with Crippen molar-refractivity contribution < 1.29 is 0 Å². The molecule has 5 nitrogen and oxygen atoms in total. The number of anilines is 1. The van der Waals surface area contributed by atoms with Crippen LogP contribution in [0, 0.1) is 6.92 Å². The van der Waals surface area contributed by atoms with Gasteiger partial charge < -0.3 is 4.90 Å². The Kier molecular flexibility index (Phi) is 2.87. The molecular weight excluding hydrogens is 304 g/mol. The average molecular weight is 318 g/mol. The van der Waals surface area contributed by atoms with E-state index < -0.39 is 0 Å². The summed E-state index contributed by atoms with van der Waals surface area (Å²) in [6.45, 7) is 4.96. The fourth-order valence-corrected chi connectivity index (χ4v) is 4.82. The smallest absolute Gasteiger partial charge is 0.275 e. The number of hydrogen-bond acceptors (Lipinski definition) is 6. The molecule has 0 saturated carbocycles. The maximum Gasteiger partial charge on any atom is 0.275 e. The van der Waals surface area contributed by atoms with Crippen molar-refractivity contribution in [2.45, 2.75) is 26.3 Å². The largest absolute Gasteiger partial charge is 0.339 e. The van der Waals surface area contributed by atoms with Crippen LogP contribution in [0.3, 0.4) is 0 Å². The monoisotopic (exact) mass is 318 g/mol. The zero-order valence-corrected chi connectivity index (χ0v) is 13.4. The maximum atomic E-state index is 12.0. The molecule has 0 radical (unpaired) electrons. The predicted molar refractivity (Wildman–Crippen MR) is 85.7 cm³/mol. The molecule has 1 aliphatic heterocycles. The van der Waals surface area contributed by atoms with Crippen LogP contribution in [0.1, 0.15) is 29.1 Å². The van der Waals surface area contributed by atoms with E-state index in [2.05, 4.69) is 33.4 Å². The van der Waals surface area contributed by atoms with Gasteiger partial charge in [-0.15, -0.1) is 16.4 Å². The first-order valence-corrected chi connectivity index (χ1v) is 8.53. The number of aryl methyl sites for hydroxylation is 1. The van der Waals surface area contributed by atoms with Gasteiger partial charge in [0, 0.05) is 23.2 Å².